The molecule has 6 amide bonds. The molecule has 12 rings (SSSR count). The topological polar surface area (TPSA) is 251 Å². The summed E-state index contributed by atoms with van der Waals surface area (Å²) in [7, 11) is 0. The van der Waals surface area contributed by atoms with Gasteiger partial charge in [-0.2, -0.15) is 10.2 Å². The number of carbonyl (C=O) groups is 6. The summed E-state index contributed by atoms with van der Waals surface area (Å²) in [6.45, 7) is 16.1. The molecule has 518 valence electrons. The van der Waals surface area contributed by atoms with Crippen LogP contribution in [0.1, 0.15) is 182 Å². The molecule has 4 aliphatic heterocycles. The summed E-state index contributed by atoms with van der Waals surface area (Å²) in [4.78, 5) is 100. The van der Waals surface area contributed by atoms with Crippen LogP contribution in [-0.4, -0.2) is 170 Å². The van der Waals surface area contributed by atoms with Gasteiger partial charge in [-0.25, -0.2) is 45.9 Å². The van der Waals surface area contributed by atoms with Crippen molar-refractivity contribution >= 4 is 63.5 Å². The molecule has 0 bridgehead atoms. The minimum Gasteiger partial charge on any atom is -0.444 e. The molecule has 0 radical (unpaired) electrons. The number of nitrogens with one attached hydrogen (secondary N) is 4. The number of aromatic amines is 2. The summed E-state index contributed by atoms with van der Waals surface area (Å²) in [6.07, 6.45) is 9.21. The maximum Gasteiger partial charge on any atom is 0.410 e. The number of likely N-dealkylation sites (tertiary alicyclic amines) is 3. The molecule has 2 aromatic carbocycles. The molecule has 4 atom stereocenters. The Hall–Kier alpha value is -8.46. The number of carbonyl (C=O) groups excluding carboxylic acids is 6. The summed E-state index contributed by atoms with van der Waals surface area (Å²) in [5, 5.41) is 14.7. The van der Waals surface area contributed by atoms with E-state index in [1.165, 1.54) is 15.9 Å². The lowest BCUT2D eigenvalue weighted by Crippen LogP contribution is -2.60. The largest absolute Gasteiger partial charge is 0.444 e. The monoisotopic (exact) mass is 1340 g/mol. The van der Waals surface area contributed by atoms with Gasteiger partial charge in [-0.1, -0.05) is 45.6 Å². The molecule has 4 aromatic heterocycles. The van der Waals surface area contributed by atoms with E-state index < -0.39 is 109 Å². The summed E-state index contributed by atoms with van der Waals surface area (Å²) < 4.78 is 102. The van der Waals surface area contributed by atoms with Crippen molar-refractivity contribution in [2.75, 3.05) is 52.4 Å². The van der Waals surface area contributed by atoms with E-state index in [1.807, 2.05) is 13.8 Å². The number of H-pyrrole nitrogens is 2. The van der Waals surface area contributed by atoms with Crippen LogP contribution in [0, 0.1) is 41.2 Å². The van der Waals surface area contributed by atoms with Crippen molar-refractivity contribution in [1.29, 1.82) is 0 Å². The van der Waals surface area contributed by atoms with Gasteiger partial charge in [-0.3, -0.25) is 33.4 Å². The van der Waals surface area contributed by atoms with Crippen LogP contribution in [0.3, 0.4) is 0 Å². The van der Waals surface area contributed by atoms with E-state index in [2.05, 4.69) is 49.6 Å². The molecule has 4 N–H and O–H groups in total. The maximum absolute atomic E-state index is 16.6. The lowest BCUT2D eigenvalue weighted by molar-refractivity contribution is -0.169. The van der Waals surface area contributed by atoms with E-state index in [4.69, 9.17) is 14.5 Å². The quantitative estimate of drug-likeness (QED) is 0.0743. The number of alkyl halides is 4. The molecule has 28 heteroatoms. The number of ether oxygens (including phenoxy) is 2. The molecule has 96 heavy (non-hydrogen) atoms. The molecule has 2 unspecified atom stereocenters. The lowest BCUT2D eigenvalue weighted by atomic mass is 9.79. The first-order chi connectivity index (χ1) is 45.3. The molecular weight excluding hydrogens is 1250 g/mol. The minimum atomic E-state index is -2.99. The average Bonchev–Trinajstić information content (AvgIpc) is 1.49. The lowest BCUT2D eigenvalue weighted by Gasteiger charge is -2.40. The number of hydrogen-bond acceptors (Lipinski definition) is 12. The predicted molar refractivity (Wildman–Crippen MR) is 342 cm³/mol. The van der Waals surface area contributed by atoms with Gasteiger partial charge < -0.3 is 44.8 Å². The van der Waals surface area contributed by atoms with Gasteiger partial charge in [-0.05, 0) is 146 Å². The second-order valence-corrected chi connectivity index (χ2v) is 28.9. The maximum atomic E-state index is 16.6. The third kappa shape index (κ3) is 14.8. The second kappa shape index (κ2) is 26.9. The van der Waals surface area contributed by atoms with Crippen LogP contribution in [0.4, 0.5) is 35.9 Å². The first-order valence-electron chi connectivity index (χ1n) is 33.3. The summed E-state index contributed by atoms with van der Waals surface area (Å²) >= 11 is 0. The average molecular weight is 1340 g/mol. The van der Waals surface area contributed by atoms with Crippen LogP contribution in [0.2, 0.25) is 0 Å². The number of halogens is 6. The van der Waals surface area contributed by atoms with Gasteiger partial charge in [0.05, 0.1) is 68.3 Å². The number of aryl methyl sites for hydroxylation is 2. The van der Waals surface area contributed by atoms with Crippen LogP contribution in [-0.2, 0) is 32.2 Å². The highest BCUT2D eigenvalue weighted by atomic mass is 19.3. The van der Waals surface area contributed by atoms with Crippen molar-refractivity contribution in [2.45, 2.75) is 175 Å². The van der Waals surface area contributed by atoms with Gasteiger partial charge in [0.2, 0.25) is 5.91 Å². The van der Waals surface area contributed by atoms with E-state index in [0.717, 1.165) is 61.2 Å². The van der Waals surface area contributed by atoms with Crippen LogP contribution < -0.4 is 10.6 Å². The molecule has 8 heterocycles. The Morgan fingerprint density at radius 3 is 1.52 bits per heavy atom. The van der Waals surface area contributed by atoms with Crippen molar-refractivity contribution in [3.8, 4) is 0 Å². The number of fused-ring (bicyclic) bond motifs is 2. The fourth-order valence-corrected chi connectivity index (χ4v) is 14.1. The van der Waals surface area contributed by atoms with Crippen molar-refractivity contribution in [3.63, 3.8) is 0 Å². The van der Waals surface area contributed by atoms with E-state index >= 15 is 8.78 Å². The third-order valence-corrected chi connectivity index (χ3v) is 19.2. The number of hydrogen-bond donors (Lipinski definition) is 4. The molecule has 6 aromatic rings. The van der Waals surface area contributed by atoms with Gasteiger partial charge in [-0.15, -0.1) is 0 Å². The number of rotatable bonds is 14. The van der Waals surface area contributed by atoms with E-state index in [9.17, 15) is 46.3 Å². The number of benzene rings is 2. The SMILES string of the molecule is CCn1nccc1C(=O)N[C@H](c1nc2c(F)c(C3=C(C(=O)N4CC(F)(F)C4)CN(C(=O)OC(C)(C)C)C3)ccc2[nH]1)C1CCC(C)CC1.CCn1nccc1C(=O)N[C@H](c1nc2c(F)c(C3CN(C(=O)OC(C)(C)C)CC3C(=O)N3CC(F)(F)C3)ccc2[nH]1)C1CCC(C)CC1. The Kier molecular flexibility index (Phi) is 19.3. The van der Waals surface area contributed by atoms with Gasteiger partial charge in [0.25, 0.3) is 29.6 Å². The van der Waals surface area contributed by atoms with Gasteiger partial charge in [0.15, 0.2) is 11.6 Å². The predicted octanol–water partition coefficient (Wildman–Crippen LogP) is 11.3. The highest BCUT2D eigenvalue weighted by Gasteiger charge is 2.52. The van der Waals surface area contributed by atoms with Crippen LogP contribution in [0.5, 0.6) is 0 Å². The van der Waals surface area contributed by atoms with Crippen molar-refractivity contribution < 1.29 is 64.6 Å². The summed E-state index contributed by atoms with van der Waals surface area (Å²) in [6, 6.07) is 8.64. The van der Waals surface area contributed by atoms with Crippen LogP contribution >= 0.6 is 0 Å². The van der Waals surface area contributed by atoms with Gasteiger partial charge >= 0.3 is 12.2 Å². The zero-order valence-corrected chi connectivity index (χ0v) is 56.0. The normalized spacial score (nSPS) is 23.2. The van der Waals surface area contributed by atoms with Crippen LogP contribution in [0.15, 0.2) is 54.4 Å². The Morgan fingerprint density at radius 2 is 1.05 bits per heavy atom. The highest BCUT2D eigenvalue weighted by Crippen LogP contribution is 2.44. The fourth-order valence-electron chi connectivity index (χ4n) is 14.1. The molecular formula is C68H86F6N14O8. The second-order valence-electron chi connectivity index (χ2n) is 28.9. The van der Waals surface area contributed by atoms with Crippen molar-refractivity contribution in [3.05, 3.63) is 100 Å². The Morgan fingerprint density at radius 1 is 0.594 bits per heavy atom. The number of aromatic nitrogens is 8. The zero-order chi connectivity index (χ0) is 69.1. The van der Waals surface area contributed by atoms with Crippen molar-refractivity contribution in [1.82, 2.24) is 69.7 Å². The molecule has 22 nitrogen and oxygen atoms in total. The van der Waals surface area contributed by atoms with E-state index in [1.54, 1.807) is 93.6 Å². The molecule has 5 fully saturated rings. The first kappa shape index (κ1) is 68.9. The molecule has 2 aliphatic carbocycles. The van der Waals surface area contributed by atoms with Crippen molar-refractivity contribution in [2.24, 2.45) is 29.6 Å². The summed E-state index contributed by atoms with van der Waals surface area (Å²) in [5.74, 6) is -8.85. The van der Waals surface area contributed by atoms with E-state index in [-0.39, 0.29) is 83.1 Å². The minimum absolute atomic E-state index is 0.00928. The molecule has 3 saturated heterocycles. The molecule has 0 spiro atoms. The van der Waals surface area contributed by atoms with E-state index in [0.29, 0.717) is 59.0 Å². The zero-order valence-electron chi connectivity index (χ0n) is 56.0. The number of imidazole rings is 2. The fraction of sp³-hybridized carbons (Fsp3) is 0.588. The Bertz CT molecular complexity index is 3920. The van der Waals surface area contributed by atoms with Gasteiger partial charge in [0.1, 0.15) is 45.3 Å². The third-order valence-electron chi connectivity index (χ3n) is 19.2. The Balaban J connectivity index is 0.000000195. The summed E-state index contributed by atoms with van der Waals surface area (Å²) in [5.41, 5.74) is 0.544. The molecule has 2 saturated carbocycles. The smallest absolute Gasteiger partial charge is 0.410 e. The highest BCUT2D eigenvalue weighted by molar-refractivity contribution is 6.05. The standard InChI is InChI=1S/C34H44F3N7O4.C34H42F3N7O4/c2*1-6-44-25(13-14-38-44)30(45)41-27(20-9-7-19(2)8-10-20)29-39-24-12-11-21(26(35)28(24)40-29)22-15-42(32(47)48-33(3,4)5)16-23(22)31(46)43-17-34(36,37)18-43/h11-14,19-20,22-23,27H,6-10,15-18H2,1-5H3,(H,39,40)(H,41,45);11-14,19-20,27H,6-10,15-18H2,1-5H3,(H,39,40)(H,41,45)/t19?,20?,22?,23?,27-;19?,20?,27-/m00/s1. The number of nitrogens with zero attached hydrogens (tertiary/aromatic N) is 10. The number of amides is 6. The molecule has 6 aliphatic rings. The van der Waals surface area contributed by atoms with Crippen LogP contribution in [0.25, 0.3) is 27.6 Å². The Labute approximate surface area is 552 Å². The van der Waals surface area contributed by atoms with Gasteiger partial charge in [0, 0.05) is 55.6 Å². The first-order valence-corrected chi connectivity index (χ1v) is 33.3.